The largest absolute Gasteiger partial charge is 0.347 e. The number of hydrogen-bond donors (Lipinski definition) is 1. The summed E-state index contributed by atoms with van der Waals surface area (Å²) in [5.41, 5.74) is 0.838. The van der Waals surface area contributed by atoms with Gasteiger partial charge < -0.3 is 9.47 Å². The van der Waals surface area contributed by atoms with Crippen LogP contribution in [0.1, 0.15) is 5.56 Å². The zero-order valence-corrected chi connectivity index (χ0v) is 16.9. The minimum absolute atomic E-state index is 0.0702. The summed E-state index contributed by atoms with van der Waals surface area (Å²) >= 11 is 0. The molecule has 1 amide bonds. The van der Waals surface area contributed by atoms with Gasteiger partial charge in [0.1, 0.15) is 6.54 Å². The van der Waals surface area contributed by atoms with Crippen LogP contribution in [0.2, 0.25) is 0 Å². The van der Waals surface area contributed by atoms with Crippen LogP contribution in [0.4, 0.5) is 11.4 Å². The molecule has 1 aromatic heterocycles. The van der Waals surface area contributed by atoms with E-state index in [0.29, 0.717) is 0 Å². The number of likely N-dealkylation sites (N-methyl/N-ethyl adjacent to an activating group) is 1. The van der Waals surface area contributed by atoms with Crippen LogP contribution in [-0.2, 0) is 21.4 Å². The number of carbonyl (C=O) groups excluding carboxylic acids is 1. The van der Waals surface area contributed by atoms with Crippen molar-refractivity contribution in [3.8, 4) is 0 Å². The molecule has 3 rings (SSSR count). The van der Waals surface area contributed by atoms with Gasteiger partial charge in [-0.15, -0.1) is 0 Å². The van der Waals surface area contributed by atoms with Crippen molar-refractivity contribution in [2.75, 3.05) is 18.8 Å². The van der Waals surface area contributed by atoms with Crippen LogP contribution < -0.4 is 4.72 Å². The SMILES string of the molecule is Cc1cccc([N+](=O)[O-])c1S(=O)(=O)Nc1ccc2c(ccn2CC(=O)N(C)C)c1. The lowest BCUT2D eigenvalue weighted by Crippen LogP contribution is -2.25. The average Bonchev–Trinajstić information content (AvgIpc) is 3.02. The molecule has 152 valence electrons. The number of nitrogens with one attached hydrogen (secondary N) is 1. The first kappa shape index (κ1) is 20.3. The zero-order chi connectivity index (χ0) is 21.3. The van der Waals surface area contributed by atoms with Crippen LogP contribution in [0.3, 0.4) is 0 Å². The fourth-order valence-electron chi connectivity index (χ4n) is 3.03. The van der Waals surface area contributed by atoms with E-state index in [1.165, 1.54) is 24.0 Å². The van der Waals surface area contributed by atoms with Gasteiger partial charge >= 0.3 is 0 Å². The monoisotopic (exact) mass is 416 g/mol. The zero-order valence-electron chi connectivity index (χ0n) is 16.1. The van der Waals surface area contributed by atoms with E-state index in [-0.39, 0.29) is 28.6 Å². The molecule has 1 heterocycles. The van der Waals surface area contributed by atoms with Crippen molar-refractivity contribution in [2.45, 2.75) is 18.4 Å². The van der Waals surface area contributed by atoms with Gasteiger partial charge in [0.15, 0.2) is 4.90 Å². The Hall–Kier alpha value is -3.40. The molecule has 0 spiro atoms. The second-order valence-electron chi connectivity index (χ2n) is 6.79. The molecule has 1 N–H and O–H groups in total. The molecular formula is C19H20N4O5S. The highest BCUT2D eigenvalue weighted by Gasteiger charge is 2.28. The third-order valence-electron chi connectivity index (χ3n) is 4.48. The van der Waals surface area contributed by atoms with Crippen LogP contribution in [0.25, 0.3) is 10.9 Å². The van der Waals surface area contributed by atoms with Crippen LogP contribution in [0.5, 0.6) is 0 Å². The lowest BCUT2D eigenvalue weighted by molar-refractivity contribution is -0.387. The van der Waals surface area contributed by atoms with Crippen molar-refractivity contribution in [1.29, 1.82) is 0 Å². The molecule has 0 saturated carbocycles. The summed E-state index contributed by atoms with van der Waals surface area (Å²) in [5.74, 6) is -0.0702. The number of aryl methyl sites for hydroxylation is 1. The summed E-state index contributed by atoms with van der Waals surface area (Å²) in [7, 11) is -0.826. The maximum absolute atomic E-state index is 12.8. The van der Waals surface area contributed by atoms with E-state index in [2.05, 4.69) is 4.72 Å². The van der Waals surface area contributed by atoms with Gasteiger partial charge in [0.2, 0.25) is 5.91 Å². The van der Waals surface area contributed by atoms with Crippen LogP contribution in [0.15, 0.2) is 53.6 Å². The van der Waals surface area contributed by atoms with E-state index < -0.39 is 20.6 Å². The Morgan fingerprint density at radius 2 is 1.93 bits per heavy atom. The van der Waals surface area contributed by atoms with Gasteiger partial charge in [-0.2, -0.15) is 0 Å². The fourth-order valence-corrected chi connectivity index (χ4v) is 4.47. The summed E-state index contributed by atoms with van der Waals surface area (Å²) in [6.45, 7) is 1.67. The molecule has 10 heteroatoms. The van der Waals surface area contributed by atoms with E-state index in [0.717, 1.165) is 17.0 Å². The predicted molar refractivity (Wildman–Crippen MR) is 109 cm³/mol. The molecule has 29 heavy (non-hydrogen) atoms. The minimum atomic E-state index is -4.17. The Kier molecular flexibility index (Phi) is 5.29. The normalized spacial score (nSPS) is 11.4. The molecule has 3 aromatic rings. The minimum Gasteiger partial charge on any atom is -0.347 e. The Morgan fingerprint density at radius 1 is 1.21 bits per heavy atom. The maximum atomic E-state index is 12.8. The number of hydrogen-bond acceptors (Lipinski definition) is 5. The molecule has 0 fully saturated rings. The first-order valence-electron chi connectivity index (χ1n) is 8.66. The van der Waals surface area contributed by atoms with E-state index >= 15 is 0 Å². The molecule has 0 aliphatic carbocycles. The van der Waals surface area contributed by atoms with Crippen molar-refractivity contribution in [3.05, 3.63) is 64.3 Å². The maximum Gasteiger partial charge on any atom is 0.290 e. The van der Waals surface area contributed by atoms with Gasteiger partial charge in [-0.05, 0) is 36.8 Å². The summed E-state index contributed by atoms with van der Waals surface area (Å²) in [6, 6.07) is 10.7. The highest BCUT2D eigenvalue weighted by Crippen LogP contribution is 2.29. The van der Waals surface area contributed by atoms with Crippen molar-refractivity contribution >= 4 is 38.2 Å². The molecule has 0 atom stereocenters. The predicted octanol–water partition coefficient (Wildman–Crippen LogP) is 2.75. The lowest BCUT2D eigenvalue weighted by Gasteiger charge is -2.12. The number of sulfonamides is 1. The molecule has 0 saturated heterocycles. The van der Waals surface area contributed by atoms with Crippen LogP contribution >= 0.6 is 0 Å². The number of fused-ring (bicyclic) bond motifs is 1. The van der Waals surface area contributed by atoms with Crippen LogP contribution in [-0.4, -0.2) is 42.8 Å². The Balaban J connectivity index is 1.95. The molecule has 2 aromatic carbocycles. The number of nitro benzene ring substituents is 1. The number of nitro groups is 1. The van der Waals surface area contributed by atoms with E-state index in [1.54, 1.807) is 49.1 Å². The van der Waals surface area contributed by atoms with Gasteiger partial charge in [0, 0.05) is 42.9 Å². The molecule has 0 aliphatic heterocycles. The van der Waals surface area contributed by atoms with Gasteiger partial charge in [-0.3, -0.25) is 19.6 Å². The average molecular weight is 416 g/mol. The van der Waals surface area contributed by atoms with Crippen molar-refractivity contribution in [1.82, 2.24) is 9.47 Å². The number of anilines is 1. The highest BCUT2D eigenvalue weighted by molar-refractivity contribution is 7.93. The number of carbonyl (C=O) groups is 1. The topological polar surface area (TPSA) is 115 Å². The molecule has 0 unspecified atom stereocenters. The highest BCUT2D eigenvalue weighted by atomic mass is 32.2. The first-order valence-corrected chi connectivity index (χ1v) is 10.1. The second kappa shape index (κ2) is 7.55. The van der Waals surface area contributed by atoms with E-state index in [1.807, 2.05) is 0 Å². The fraction of sp³-hybridized carbons (Fsp3) is 0.211. The van der Waals surface area contributed by atoms with Crippen molar-refractivity contribution < 1.29 is 18.1 Å². The second-order valence-corrected chi connectivity index (χ2v) is 8.41. The smallest absolute Gasteiger partial charge is 0.290 e. The third kappa shape index (κ3) is 4.06. The lowest BCUT2D eigenvalue weighted by atomic mass is 10.2. The summed E-state index contributed by atoms with van der Waals surface area (Å²) in [6.07, 6.45) is 1.75. The Bertz CT molecular complexity index is 1210. The van der Waals surface area contributed by atoms with E-state index in [9.17, 15) is 23.3 Å². The number of aromatic nitrogens is 1. The molecular weight excluding hydrogens is 396 g/mol. The van der Waals surface area contributed by atoms with Gasteiger partial charge in [-0.25, -0.2) is 8.42 Å². The number of nitrogens with zero attached hydrogens (tertiary/aromatic N) is 3. The summed E-state index contributed by atoms with van der Waals surface area (Å²) in [5, 5.41) is 12.0. The number of benzene rings is 2. The first-order chi connectivity index (χ1) is 13.6. The number of rotatable bonds is 6. The Labute approximate surface area is 167 Å². The standard InChI is InChI=1S/C19H20N4O5S/c1-13-5-4-6-17(23(25)26)19(13)29(27,28)20-15-7-8-16-14(11-15)9-10-22(16)12-18(24)21(2)3/h4-11,20H,12H2,1-3H3. The molecule has 9 nitrogen and oxygen atoms in total. The summed E-state index contributed by atoms with van der Waals surface area (Å²) < 4.78 is 29.9. The molecule has 0 radical (unpaired) electrons. The van der Waals surface area contributed by atoms with Gasteiger partial charge in [-0.1, -0.05) is 12.1 Å². The van der Waals surface area contributed by atoms with Crippen molar-refractivity contribution in [3.63, 3.8) is 0 Å². The quantitative estimate of drug-likeness (QED) is 0.490. The summed E-state index contributed by atoms with van der Waals surface area (Å²) in [4.78, 5) is 23.6. The molecule has 0 bridgehead atoms. The van der Waals surface area contributed by atoms with Gasteiger partial charge in [0.25, 0.3) is 15.7 Å². The Morgan fingerprint density at radius 3 is 2.59 bits per heavy atom. The molecule has 0 aliphatic rings. The van der Waals surface area contributed by atoms with E-state index in [4.69, 9.17) is 0 Å². The van der Waals surface area contributed by atoms with Crippen molar-refractivity contribution in [2.24, 2.45) is 0 Å². The van der Waals surface area contributed by atoms with Gasteiger partial charge in [0.05, 0.1) is 4.92 Å². The number of amides is 1. The van der Waals surface area contributed by atoms with Crippen LogP contribution in [0, 0.1) is 17.0 Å². The third-order valence-corrected chi connectivity index (χ3v) is 6.06.